The Hall–Kier alpha value is -3.23. The zero-order valence-electron chi connectivity index (χ0n) is 16.1. The predicted octanol–water partition coefficient (Wildman–Crippen LogP) is 2.69. The van der Waals surface area contributed by atoms with Crippen LogP contribution in [0.2, 0.25) is 0 Å². The summed E-state index contributed by atoms with van der Waals surface area (Å²) in [6.07, 6.45) is 14.5. The average Bonchev–Trinajstić information content (AvgIpc) is 3.25. The molecule has 9 nitrogen and oxygen atoms in total. The number of fused-ring (bicyclic) bond motifs is 1. The normalized spacial score (nSPS) is 14.9. The van der Waals surface area contributed by atoms with Crippen molar-refractivity contribution >= 4 is 23.0 Å². The van der Waals surface area contributed by atoms with E-state index in [-0.39, 0.29) is 17.0 Å². The summed E-state index contributed by atoms with van der Waals surface area (Å²) in [6, 6.07) is 0.147. The Labute approximate surface area is 167 Å². The molecule has 1 aliphatic carbocycles. The fourth-order valence-electron chi connectivity index (χ4n) is 3.89. The zero-order chi connectivity index (χ0) is 20.2. The number of carbonyl (C=O) groups is 1. The van der Waals surface area contributed by atoms with Crippen LogP contribution in [0, 0.1) is 0 Å². The molecule has 0 spiro atoms. The van der Waals surface area contributed by atoms with Gasteiger partial charge in [-0.2, -0.15) is 4.98 Å². The van der Waals surface area contributed by atoms with Gasteiger partial charge in [0.15, 0.2) is 0 Å². The van der Waals surface area contributed by atoms with Crippen molar-refractivity contribution in [1.29, 1.82) is 0 Å². The van der Waals surface area contributed by atoms with Gasteiger partial charge in [0.05, 0.1) is 11.7 Å². The van der Waals surface area contributed by atoms with Gasteiger partial charge in [-0.3, -0.25) is 4.79 Å². The van der Waals surface area contributed by atoms with Crippen LogP contribution >= 0.6 is 0 Å². The van der Waals surface area contributed by atoms with Gasteiger partial charge in [0.1, 0.15) is 11.2 Å². The van der Waals surface area contributed by atoms with E-state index in [2.05, 4.69) is 20.3 Å². The van der Waals surface area contributed by atoms with E-state index < -0.39 is 11.4 Å². The molecule has 9 heteroatoms. The fourth-order valence-corrected chi connectivity index (χ4v) is 3.89. The molecule has 2 N–H and O–H groups in total. The molecule has 1 saturated carbocycles. The van der Waals surface area contributed by atoms with Gasteiger partial charge in [-0.15, -0.1) is 0 Å². The number of carboxylic acid groups (broad SMARTS) is 1. The third-order valence-corrected chi connectivity index (χ3v) is 5.40. The van der Waals surface area contributed by atoms with Crippen molar-refractivity contribution < 1.29 is 9.90 Å². The molecule has 0 saturated heterocycles. The van der Waals surface area contributed by atoms with E-state index in [0.717, 1.165) is 38.6 Å². The summed E-state index contributed by atoms with van der Waals surface area (Å²) in [5, 5.41) is 12.9. The van der Waals surface area contributed by atoms with Gasteiger partial charge < -0.3 is 19.6 Å². The van der Waals surface area contributed by atoms with Crippen LogP contribution in [0.15, 0.2) is 35.9 Å². The maximum absolute atomic E-state index is 12.6. The van der Waals surface area contributed by atoms with E-state index in [1.54, 1.807) is 12.5 Å². The minimum absolute atomic E-state index is 0.147. The standard InChI is InChI=1S/C20H24N6O3/c27-17-15-11-23-20(22-7-4-9-25-10-8-21-13-25)24-18(15)26(12-16(17)19(28)29)14-5-2-1-3-6-14/h8,10-14H,1-7,9H2,(H,28,29)(H,22,23,24). The Morgan fingerprint density at radius 2 is 2.10 bits per heavy atom. The molecule has 4 rings (SSSR count). The van der Waals surface area contributed by atoms with E-state index in [1.807, 2.05) is 15.3 Å². The first kappa shape index (κ1) is 19.1. The Morgan fingerprint density at radius 1 is 1.28 bits per heavy atom. The molecule has 152 valence electrons. The van der Waals surface area contributed by atoms with Gasteiger partial charge in [-0.1, -0.05) is 19.3 Å². The molecule has 0 radical (unpaired) electrons. The van der Waals surface area contributed by atoms with Gasteiger partial charge in [-0.05, 0) is 19.3 Å². The number of pyridine rings is 1. The molecule has 0 aliphatic heterocycles. The molecule has 0 aromatic carbocycles. The molecule has 29 heavy (non-hydrogen) atoms. The molecule has 0 atom stereocenters. The maximum atomic E-state index is 12.6. The Balaban J connectivity index is 1.61. The third-order valence-electron chi connectivity index (χ3n) is 5.40. The Morgan fingerprint density at radius 3 is 2.83 bits per heavy atom. The second-order valence-corrected chi connectivity index (χ2v) is 7.39. The van der Waals surface area contributed by atoms with E-state index in [4.69, 9.17) is 0 Å². The van der Waals surface area contributed by atoms with Crippen molar-refractivity contribution in [2.75, 3.05) is 11.9 Å². The van der Waals surface area contributed by atoms with E-state index >= 15 is 0 Å². The van der Waals surface area contributed by atoms with E-state index in [1.165, 1.54) is 18.8 Å². The van der Waals surface area contributed by atoms with Gasteiger partial charge in [0.2, 0.25) is 11.4 Å². The number of imidazole rings is 1. The lowest BCUT2D eigenvalue weighted by molar-refractivity contribution is 0.0694. The molecule has 3 heterocycles. The molecule has 3 aromatic rings. The third kappa shape index (κ3) is 4.13. The molecule has 1 aliphatic rings. The monoisotopic (exact) mass is 396 g/mol. The van der Waals surface area contributed by atoms with Gasteiger partial charge in [0, 0.05) is 43.9 Å². The summed E-state index contributed by atoms with van der Waals surface area (Å²) in [5.74, 6) is -0.779. The smallest absolute Gasteiger partial charge is 0.341 e. The fraction of sp³-hybridized carbons (Fsp3) is 0.450. The highest BCUT2D eigenvalue weighted by Crippen LogP contribution is 2.30. The molecule has 1 fully saturated rings. The number of nitrogens with one attached hydrogen (secondary N) is 1. The minimum Gasteiger partial charge on any atom is -0.477 e. The summed E-state index contributed by atoms with van der Waals surface area (Å²) in [5.41, 5.74) is -0.266. The highest BCUT2D eigenvalue weighted by Gasteiger charge is 2.22. The van der Waals surface area contributed by atoms with Crippen molar-refractivity contribution in [3.8, 4) is 0 Å². The Kier molecular flexibility index (Phi) is 5.55. The van der Waals surface area contributed by atoms with Crippen LogP contribution in [0.3, 0.4) is 0 Å². The van der Waals surface area contributed by atoms with E-state index in [0.29, 0.717) is 18.1 Å². The topological polar surface area (TPSA) is 115 Å². The number of rotatable bonds is 7. The molecular weight excluding hydrogens is 372 g/mol. The van der Waals surface area contributed by atoms with E-state index in [9.17, 15) is 14.7 Å². The number of aromatic nitrogens is 5. The minimum atomic E-state index is -1.22. The number of carboxylic acids is 1. The van der Waals surface area contributed by atoms with Crippen molar-refractivity contribution in [2.24, 2.45) is 0 Å². The molecule has 0 unspecified atom stereocenters. The quantitative estimate of drug-likeness (QED) is 0.590. The van der Waals surface area contributed by atoms with Crippen LogP contribution < -0.4 is 10.7 Å². The van der Waals surface area contributed by atoms with Gasteiger partial charge >= 0.3 is 5.97 Å². The number of hydrogen-bond donors (Lipinski definition) is 2. The van der Waals surface area contributed by atoms with Crippen LogP contribution in [0.25, 0.3) is 11.0 Å². The van der Waals surface area contributed by atoms with Crippen LogP contribution in [0.1, 0.15) is 54.9 Å². The number of anilines is 1. The molecular formula is C20H24N6O3. The lowest BCUT2D eigenvalue weighted by atomic mass is 9.95. The lowest BCUT2D eigenvalue weighted by Gasteiger charge is -2.26. The second-order valence-electron chi connectivity index (χ2n) is 7.39. The summed E-state index contributed by atoms with van der Waals surface area (Å²) >= 11 is 0. The van der Waals surface area contributed by atoms with Crippen molar-refractivity contribution in [3.63, 3.8) is 0 Å². The number of hydrogen-bond acceptors (Lipinski definition) is 6. The van der Waals surface area contributed by atoms with Crippen molar-refractivity contribution in [3.05, 3.63) is 46.9 Å². The van der Waals surface area contributed by atoms with Crippen LogP contribution in [0.5, 0.6) is 0 Å². The largest absolute Gasteiger partial charge is 0.477 e. The Bertz CT molecular complexity index is 1050. The first-order valence-electron chi connectivity index (χ1n) is 9.98. The number of aryl methyl sites for hydroxylation is 1. The predicted molar refractivity (Wildman–Crippen MR) is 108 cm³/mol. The van der Waals surface area contributed by atoms with Crippen molar-refractivity contribution in [2.45, 2.75) is 51.1 Å². The number of nitrogens with zero attached hydrogens (tertiary/aromatic N) is 5. The summed E-state index contributed by atoms with van der Waals surface area (Å²) < 4.78 is 3.87. The first-order chi connectivity index (χ1) is 14.1. The van der Waals surface area contributed by atoms with Gasteiger partial charge in [-0.25, -0.2) is 14.8 Å². The summed E-state index contributed by atoms with van der Waals surface area (Å²) in [7, 11) is 0. The van der Waals surface area contributed by atoms with Crippen LogP contribution in [-0.2, 0) is 6.54 Å². The summed E-state index contributed by atoms with van der Waals surface area (Å²) in [6.45, 7) is 1.50. The SMILES string of the molecule is O=C(O)c1cn(C2CCCCC2)c2nc(NCCCn3ccnc3)ncc2c1=O. The maximum Gasteiger partial charge on any atom is 0.341 e. The number of aromatic carboxylic acids is 1. The molecule has 0 amide bonds. The van der Waals surface area contributed by atoms with Crippen molar-refractivity contribution in [1.82, 2.24) is 24.1 Å². The van der Waals surface area contributed by atoms with Crippen LogP contribution in [0.4, 0.5) is 5.95 Å². The van der Waals surface area contributed by atoms with Gasteiger partial charge in [0.25, 0.3) is 0 Å². The molecule has 0 bridgehead atoms. The molecule has 3 aromatic heterocycles. The first-order valence-corrected chi connectivity index (χ1v) is 9.98. The lowest BCUT2D eigenvalue weighted by Crippen LogP contribution is -2.23. The average molecular weight is 396 g/mol. The highest BCUT2D eigenvalue weighted by molar-refractivity contribution is 5.91. The second kappa shape index (κ2) is 8.42. The summed E-state index contributed by atoms with van der Waals surface area (Å²) in [4.78, 5) is 37.0. The zero-order valence-corrected chi connectivity index (χ0v) is 16.1. The van der Waals surface area contributed by atoms with Crippen LogP contribution in [-0.4, -0.2) is 41.7 Å². The highest BCUT2D eigenvalue weighted by atomic mass is 16.4.